The van der Waals surface area contributed by atoms with E-state index in [1.165, 1.54) is 12.1 Å². The number of hydrogen-bond donors (Lipinski definition) is 1. The van der Waals surface area contributed by atoms with Gasteiger partial charge < -0.3 is 20.0 Å². The minimum atomic E-state index is -4.88. The number of carbonyl (C=O) groups is 1. The van der Waals surface area contributed by atoms with Crippen LogP contribution < -0.4 is 15.2 Å². The maximum atomic E-state index is 12.0. The van der Waals surface area contributed by atoms with E-state index in [4.69, 9.17) is 0 Å². The second kappa shape index (κ2) is 4.76. The zero-order chi connectivity index (χ0) is 12.3. The molecule has 16 heavy (non-hydrogen) atoms. The number of carboxylic acid groups (broad SMARTS) is 1. The predicted octanol–water partition coefficient (Wildman–Crippen LogP) is 1.94. The molecule has 0 atom stereocenters. The van der Waals surface area contributed by atoms with Crippen LogP contribution in [-0.4, -0.2) is 12.5 Å². The lowest BCUT2D eigenvalue weighted by molar-refractivity contribution is -0.274. The molecule has 0 radical (unpaired) electrons. The van der Waals surface area contributed by atoms with E-state index < -0.39 is 18.2 Å². The third-order valence-electron chi connectivity index (χ3n) is 1.43. The molecule has 0 aliphatic carbocycles. The van der Waals surface area contributed by atoms with Gasteiger partial charge >= 0.3 is 6.36 Å². The highest BCUT2D eigenvalue weighted by Gasteiger charge is 2.32. The van der Waals surface area contributed by atoms with E-state index in [1.54, 1.807) is 27.9 Å². The summed E-state index contributed by atoms with van der Waals surface area (Å²) in [7, 11) is 0. The lowest BCUT2D eigenvalue weighted by atomic mass is 10.3. The Balaban J connectivity index is 3.07. The molecule has 8 heteroatoms. The Morgan fingerprint density at radius 2 is 2.06 bits per heavy atom. The molecule has 1 rings (SSSR count). The maximum absolute atomic E-state index is 12.0. The van der Waals surface area contributed by atoms with Crippen LogP contribution in [0.1, 0.15) is 0 Å². The zero-order valence-corrected chi connectivity index (χ0v) is 9.63. The van der Waals surface area contributed by atoms with Crippen LogP contribution >= 0.6 is 22.6 Å². The Bertz CT molecular complexity index is 408. The number of rotatable bonds is 2. The third-order valence-corrected chi connectivity index (χ3v) is 2.33. The molecule has 0 spiro atoms. The number of anilines is 1. The van der Waals surface area contributed by atoms with E-state index >= 15 is 0 Å². The van der Waals surface area contributed by atoms with Gasteiger partial charge in [0, 0.05) is 3.57 Å². The molecular weight excluding hydrogens is 342 g/mol. The smallest absolute Gasteiger partial charge is 0.530 e. The predicted molar refractivity (Wildman–Crippen MR) is 54.9 cm³/mol. The second-order valence-corrected chi connectivity index (χ2v) is 3.74. The van der Waals surface area contributed by atoms with Gasteiger partial charge in [-0.2, -0.15) is 0 Å². The van der Waals surface area contributed by atoms with Gasteiger partial charge in [-0.1, -0.05) is 6.07 Å². The van der Waals surface area contributed by atoms with E-state index in [1.807, 2.05) is 0 Å². The average Bonchev–Trinajstić information content (AvgIpc) is 2.08. The number of ether oxygens (including phenoxy) is 1. The summed E-state index contributed by atoms with van der Waals surface area (Å²) in [6, 6.07) is 3.74. The van der Waals surface area contributed by atoms with Crippen molar-refractivity contribution >= 4 is 34.4 Å². The molecule has 0 bridgehead atoms. The van der Waals surface area contributed by atoms with Crippen molar-refractivity contribution in [2.45, 2.75) is 6.36 Å². The summed E-state index contributed by atoms with van der Waals surface area (Å²) in [5, 5.41) is 12.0. The Morgan fingerprint density at radius 1 is 1.44 bits per heavy atom. The summed E-state index contributed by atoms with van der Waals surface area (Å²) in [5.41, 5.74) is -0.291. The number of amides is 1. The van der Waals surface area contributed by atoms with Crippen molar-refractivity contribution in [2.75, 3.05) is 5.32 Å². The fourth-order valence-electron chi connectivity index (χ4n) is 0.937. The summed E-state index contributed by atoms with van der Waals surface area (Å²) >= 11 is 1.67. The lowest BCUT2D eigenvalue weighted by Crippen LogP contribution is -2.30. The van der Waals surface area contributed by atoms with Crippen molar-refractivity contribution in [3.05, 3.63) is 21.8 Å². The number of alkyl halides is 3. The first-order valence-corrected chi connectivity index (χ1v) is 4.90. The van der Waals surface area contributed by atoms with E-state index in [0.717, 1.165) is 6.07 Å². The molecule has 1 amide bonds. The van der Waals surface area contributed by atoms with E-state index in [0.29, 0.717) is 0 Å². The fourth-order valence-corrected chi connectivity index (χ4v) is 1.55. The SMILES string of the molecule is O=C([O-])Nc1c(I)cccc1OC(F)(F)F. The average molecular weight is 346 g/mol. The molecule has 1 N–H and O–H groups in total. The molecular formula is C8H4F3INO3-. The van der Waals surface area contributed by atoms with Crippen molar-refractivity contribution in [2.24, 2.45) is 0 Å². The van der Waals surface area contributed by atoms with Crippen molar-refractivity contribution in [3.8, 4) is 5.75 Å². The highest BCUT2D eigenvalue weighted by Crippen LogP contribution is 2.33. The highest BCUT2D eigenvalue weighted by molar-refractivity contribution is 14.1. The van der Waals surface area contributed by atoms with Crippen molar-refractivity contribution < 1.29 is 27.8 Å². The first-order chi connectivity index (χ1) is 7.29. The van der Waals surface area contributed by atoms with Crippen LogP contribution in [0.4, 0.5) is 23.7 Å². The number of carbonyl (C=O) groups excluding carboxylic acids is 1. The largest absolute Gasteiger partial charge is 0.573 e. The molecule has 0 aliphatic rings. The topological polar surface area (TPSA) is 61.4 Å². The summed E-state index contributed by atoms with van der Waals surface area (Å²) in [5.74, 6) is -0.622. The first kappa shape index (κ1) is 12.9. The van der Waals surface area contributed by atoms with Gasteiger partial charge in [-0.25, -0.2) is 0 Å². The molecule has 0 saturated heterocycles. The molecule has 0 saturated carbocycles. The van der Waals surface area contributed by atoms with Crippen LogP contribution in [0.2, 0.25) is 0 Å². The van der Waals surface area contributed by atoms with Gasteiger partial charge in [0.1, 0.15) is 6.09 Å². The number of nitrogens with one attached hydrogen (secondary N) is 1. The van der Waals surface area contributed by atoms with Crippen LogP contribution in [0.3, 0.4) is 0 Å². The molecule has 1 aromatic rings. The summed E-state index contributed by atoms with van der Waals surface area (Å²) < 4.78 is 39.8. The normalized spacial score (nSPS) is 11.0. The molecule has 1 aromatic carbocycles. The van der Waals surface area contributed by atoms with Gasteiger partial charge in [0.2, 0.25) is 0 Å². The molecule has 4 nitrogen and oxygen atoms in total. The van der Waals surface area contributed by atoms with Gasteiger partial charge in [-0.15, -0.1) is 13.2 Å². The summed E-state index contributed by atoms with van der Waals surface area (Å²) in [6.45, 7) is 0. The Kier molecular flexibility index (Phi) is 3.83. The van der Waals surface area contributed by atoms with Gasteiger partial charge in [0.25, 0.3) is 0 Å². The third kappa shape index (κ3) is 3.76. The summed E-state index contributed by atoms with van der Waals surface area (Å²) in [6.07, 6.45) is -6.59. The minimum Gasteiger partial charge on any atom is -0.530 e. The van der Waals surface area contributed by atoms with E-state index in [9.17, 15) is 23.1 Å². The second-order valence-electron chi connectivity index (χ2n) is 2.57. The standard InChI is InChI=1S/C8H5F3INO3/c9-8(10,11)16-5-3-1-2-4(12)6(5)13-7(14)15/h1-3,13H,(H,14,15)/p-1. The number of halogens is 4. The molecule has 0 unspecified atom stereocenters. The Labute approximate surface area is 102 Å². The Hall–Kier alpha value is -1.19. The van der Waals surface area contributed by atoms with Crippen LogP contribution in [0, 0.1) is 3.57 Å². The summed E-state index contributed by atoms with van der Waals surface area (Å²) in [4.78, 5) is 10.3. The number of para-hydroxylation sites is 1. The van der Waals surface area contributed by atoms with Gasteiger partial charge in [-0.05, 0) is 34.7 Å². The highest BCUT2D eigenvalue weighted by atomic mass is 127. The molecule has 0 aromatic heterocycles. The maximum Gasteiger partial charge on any atom is 0.573 e. The van der Waals surface area contributed by atoms with Crippen molar-refractivity contribution in [1.82, 2.24) is 0 Å². The lowest BCUT2D eigenvalue weighted by Gasteiger charge is -2.16. The molecule has 0 aliphatic heterocycles. The van der Waals surface area contributed by atoms with Gasteiger partial charge in [0.15, 0.2) is 5.75 Å². The van der Waals surface area contributed by atoms with Gasteiger partial charge in [0.05, 0.1) is 5.69 Å². The number of benzene rings is 1. The van der Waals surface area contributed by atoms with Crippen molar-refractivity contribution in [3.63, 3.8) is 0 Å². The molecule has 88 valence electrons. The quantitative estimate of drug-likeness (QED) is 0.833. The number of hydrogen-bond acceptors (Lipinski definition) is 3. The fraction of sp³-hybridized carbons (Fsp3) is 0.125. The van der Waals surface area contributed by atoms with E-state index in [2.05, 4.69) is 4.74 Å². The molecule has 0 heterocycles. The molecule has 0 fully saturated rings. The van der Waals surface area contributed by atoms with Crippen LogP contribution in [0.15, 0.2) is 18.2 Å². The van der Waals surface area contributed by atoms with Crippen LogP contribution in [0.25, 0.3) is 0 Å². The zero-order valence-electron chi connectivity index (χ0n) is 7.47. The first-order valence-electron chi connectivity index (χ1n) is 3.82. The van der Waals surface area contributed by atoms with E-state index in [-0.39, 0.29) is 9.26 Å². The Morgan fingerprint density at radius 3 is 2.56 bits per heavy atom. The van der Waals surface area contributed by atoms with Crippen molar-refractivity contribution in [1.29, 1.82) is 0 Å². The van der Waals surface area contributed by atoms with Gasteiger partial charge in [-0.3, -0.25) is 0 Å². The van der Waals surface area contributed by atoms with Crippen LogP contribution in [-0.2, 0) is 0 Å². The monoisotopic (exact) mass is 346 g/mol. The minimum absolute atomic E-state index is 0.267. The van der Waals surface area contributed by atoms with Crippen LogP contribution in [0.5, 0.6) is 5.75 Å².